The first-order valence-corrected chi connectivity index (χ1v) is 10.9. The fourth-order valence-electron chi connectivity index (χ4n) is 5.13. The molecule has 0 N–H and O–H groups in total. The minimum Gasteiger partial charge on any atom is -0.435 e. The number of benzene rings is 1. The van der Waals surface area contributed by atoms with Crippen LogP contribution in [-0.2, 0) is 4.74 Å². The Labute approximate surface area is 174 Å². The Hall–Kier alpha value is -1.93. The van der Waals surface area contributed by atoms with Gasteiger partial charge in [0.05, 0.1) is 11.6 Å². The van der Waals surface area contributed by atoms with E-state index in [1.165, 1.54) is 18.2 Å². The van der Waals surface area contributed by atoms with E-state index in [1.54, 1.807) is 4.57 Å². The normalized spacial score (nSPS) is 26.5. The molecule has 6 nitrogen and oxygen atoms in total. The maximum atomic E-state index is 12.6. The zero-order valence-corrected chi connectivity index (χ0v) is 17.6. The number of ether oxygens (including phenoxy) is 2. The third kappa shape index (κ3) is 4.25. The molecule has 166 valence electrons. The molecular formula is C22H30F2N2O4. The summed E-state index contributed by atoms with van der Waals surface area (Å²) >= 11 is 0. The smallest absolute Gasteiger partial charge is 0.420 e. The van der Waals surface area contributed by atoms with Gasteiger partial charge in [0.1, 0.15) is 5.75 Å². The lowest BCUT2D eigenvalue weighted by atomic mass is 9.79. The molecule has 0 spiro atoms. The Balaban J connectivity index is 1.46. The number of hydrogen-bond acceptors (Lipinski definition) is 5. The first-order chi connectivity index (χ1) is 14.4. The van der Waals surface area contributed by atoms with Gasteiger partial charge in [-0.2, -0.15) is 8.78 Å². The molecule has 2 heterocycles. The van der Waals surface area contributed by atoms with Crippen LogP contribution in [0.25, 0.3) is 11.1 Å². The van der Waals surface area contributed by atoms with Crippen molar-refractivity contribution < 1.29 is 22.7 Å². The molecule has 1 aliphatic heterocycles. The fourth-order valence-corrected chi connectivity index (χ4v) is 5.13. The van der Waals surface area contributed by atoms with Crippen molar-refractivity contribution in [1.82, 2.24) is 9.47 Å². The van der Waals surface area contributed by atoms with Gasteiger partial charge in [0.25, 0.3) is 0 Å². The zero-order chi connectivity index (χ0) is 21.3. The monoisotopic (exact) mass is 424 g/mol. The Morgan fingerprint density at radius 1 is 1.20 bits per heavy atom. The first kappa shape index (κ1) is 21.3. The topological polar surface area (TPSA) is 56.8 Å². The highest BCUT2D eigenvalue weighted by Gasteiger charge is 2.38. The van der Waals surface area contributed by atoms with Crippen LogP contribution in [-0.4, -0.2) is 47.4 Å². The van der Waals surface area contributed by atoms with Crippen molar-refractivity contribution in [2.24, 2.45) is 0 Å². The predicted molar refractivity (Wildman–Crippen MR) is 109 cm³/mol. The van der Waals surface area contributed by atoms with Crippen LogP contribution in [0.3, 0.4) is 0 Å². The highest BCUT2D eigenvalue weighted by atomic mass is 19.3. The molecule has 1 aliphatic carbocycles. The second kappa shape index (κ2) is 8.67. The molecular weight excluding hydrogens is 394 g/mol. The summed E-state index contributed by atoms with van der Waals surface area (Å²) < 4.78 is 42.4. The summed E-state index contributed by atoms with van der Waals surface area (Å²) in [7, 11) is 0. The van der Waals surface area contributed by atoms with Gasteiger partial charge in [0.2, 0.25) is 0 Å². The van der Waals surface area contributed by atoms with Crippen LogP contribution in [0.4, 0.5) is 8.78 Å². The number of nitrogens with zero attached hydrogens (tertiary/aromatic N) is 2. The molecule has 2 fully saturated rings. The minimum atomic E-state index is -2.91. The second-order valence-electron chi connectivity index (χ2n) is 8.62. The summed E-state index contributed by atoms with van der Waals surface area (Å²) in [5.74, 6) is -0.413. The Bertz CT molecular complexity index is 909. The van der Waals surface area contributed by atoms with Crippen LogP contribution in [0, 0.1) is 0 Å². The van der Waals surface area contributed by atoms with E-state index in [0.29, 0.717) is 17.2 Å². The van der Waals surface area contributed by atoms with Gasteiger partial charge >= 0.3 is 12.4 Å². The fraction of sp³-hybridized carbons (Fsp3) is 0.682. The number of alkyl halides is 2. The molecule has 8 heteroatoms. The summed E-state index contributed by atoms with van der Waals surface area (Å²) in [6, 6.07) is 4.36. The lowest BCUT2D eigenvalue weighted by Gasteiger charge is -2.48. The number of likely N-dealkylation sites (tertiary alicyclic amines) is 1. The SMILES string of the molecule is CCOC1CCC(C)(N2CCC(n3c(=O)oc4ccc(OC(F)F)cc43)CC2)CC1. The molecule has 2 aliphatic rings. The van der Waals surface area contributed by atoms with Crippen LogP contribution in [0.1, 0.15) is 58.4 Å². The van der Waals surface area contributed by atoms with E-state index in [0.717, 1.165) is 58.2 Å². The van der Waals surface area contributed by atoms with Crippen molar-refractivity contribution in [3.05, 3.63) is 28.7 Å². The number of fused-ring (bicyclic) bond motifs is 1. The molecule has 0 amide bonds. The number of hydrogen-bond donors (Lipinski definition) is 0. The number of aromatic nitrogens is 1. The Kier molecular flexibility index (Phi) is 6.16. The molecule has 4 rings (SSSR count). The highest BCUT2D eigenvalue weighted by molar-refractivity contribution is 5.75. The molecule has 0 bridgehead atoms. The van der Waals surface area contributed by atoms with Crippen molar-refractivity contribution in [1.29, 1.82) is 0 Å². The maximum Gasteiger partial charge on any atom is 0.420 e. The van der Waals surface area contributed by atoms with Gasteiger partial charge < -0.3 is 13.9 Å². The summed E-state index contributed by atoms with van der Waals surface area (Å²) in [6.07, 6.45) is 6.42. The van der Waals surface area contributed by atoms with E-state index in [-0.39, 0.29) is 17.3 Å². The predicted octanol–water partition coefficient (Wildman–Crippen LogP) is 4.57. The summed E-state index contributed by atoms with van der Waals surface area (Å²) in [4.78, 5) is 15.0. The standard InChI is InChI=1S/C22H30F2N2O4/c1-3-28-16-6-10-22(2,11-7-16)25-12-8-15(9-13-25)26-18-14-17(29-20(23)24)4-5-19(18)30-21(26)27/h4-5,14-16,20H,3,6-13H2,1-2H3. The molecule has 1 aromatic heterocycles. The maximum absolute atomic E-state index is 12.6. The van der Waals surface area contributed by atoms with E-state index in [2.05, 4.69) is 16.6 Å². The summed E-state index contributed by atoms with van der Waals surface area (Å²) in [5.41, 5.74) is 1.07. The number of oxazole rings is 1. The molecule has 30 heavy (non-hydrogen) atoms. The van der Waals surface area contributed by atoms with Crippen LogP contribution in [0.2, 0.25) is 0 Å². The van der Waals surface area contributed by atoms with Crippen LogP contribution >= 0.6 is 0 Å². The lowest BCUT2D eigenvalue weighted by molar-refractivity contribution is -0.0497. The van der Waals surface area contributed by atoms with Crippen molar-refractivity contribution in [3.8, 4) is 5.75 Å². The number of halogens is 2. The van der Waals surface area contributed by atoms with Gasteiger partial charge in [-0.05, 0) is 64.5 Å². The van der Waals surface area contributed by atoms with Crippen molar-refractivity contribution >= 4 is 11.1 Å². The molecule has 0 atom stereocenters. The largest absolute Gasteiger partial charge is 0.435 e. The molecule has 2 aromatic rings. The van der Waals surface area contributed by atoms with Crippen molar-refractivity contribution in [2.45, 2.75) is 76.7 Å². The van der Waals surface area contributed by atoms with Gasteiger partial charge in [0.15, 0.2) is 5.58 Å². The van der Waals surface area contributed by atoms with Crippen LogP contribution in [0.15, 0.2) is 27.4 Å². The average molecular weight is 424 g/mol. The van der Waals surface area contributed by atoms with E-state index in [9.17, 15) is 13.6 Å². The molecule has 1 saturated heterocycles. The first-order valence-electron chi connectivity index (χ1n) is 10.9. The molecule has 1 saturated carbocycles. The summed E-state index contributed by atoms with van der Waals surface area (Å²) in [6.45, 7) is 4.03. The van der Waals surface area contributed by atoms with Gasteiger partial charge in [-0.1, -0.05) is 0 Å². The van der Waals surface area contributed by atoms with Gasteiger partial charge in [0, 0.05) is 37.3 Å². The van der Waals surface area contributed by atoms with E-state index < -0.39 is 12.4 Å². The third-order valence-electron chi connectivity index (χ3n) is 6.81. The van der Waals surface area contributed by atoms with Gasteiger partial charge in [-0.25, -0.2) is 4.79 Å². The van der Waals surface area contributed by atoms with Crippen LogP contribution in [0.5, 0.6) is 5.75 Å². The van der Waals surface area contributed by atoms with E-state index in [1.807, 2.05) is 6.92 Å². The summed E-state index contributed by atoms with van der Waals surface area (Å²) in [5, 5.41) is 0. The number of piperidine rings is 1. The van der Waals surface area contributed by atoms with E-state index in [4.69, 9.17) is 9.15 Å². The van der Waals surface area contributed by atoms with Crippen molar-refractivity contribution in [3.63, 3.8) is 0 Å². The molecule has 1 aromatic carbocycles. The lowest BCUT2D eigenvalue weighted by Crippen LogP contribution is -2.52. The average Bonchev–Trinajstić information content (AvgIpc) is 3.05. The van der Waals surface area contributed by atoms with E-state index >= 15 is 0 Å². The quantitative estimate of drug-likeness (QED) is 0.680. The van der Waals surface area contributed by atoms with Crippen molar-refractivity contribution in [2.75, 3.05) is 19.7 Å². The van der Waals surface area contributed by atoms with Gasteiger partial charge in [-0.3, -0.25) is 9.47 Å². The third-order valence-corrected chi connectivity index (χ3v) is 6.81. The number of rotatable bonds is 6. The van der Waals surface area contributed by atoms with Crippen LogP contribution < -0.4 is 10.5 Å². The molecule has 0 unspecified atom stereocenters. The minimum absolute atomic E-state index is 0.0137. The molecule has 0 radical (unpaired) electrons. The second-order valence-corrected chi connectivity index (χ2v) is 8.62. The van der Waals surface area contributed by atoms with Gasteiger partial charge in [-0.15, -0.1) is 0 Å². The Morgan fingerprint density at radius 3 is 2.53 bits per heavy atom. The zero-order valence-electron chi connectivity index (χ0n) is 17.6. The Morgan fingerprint density at radius 2 is 1.90 bits per heavy atom. The highest BCUT2D eigenvalue weighted by Crippen LogP contribution is 2.38.